The maximum Gasteiger partial charge on any atom is 0.416 e. The zero-order chi connectivity index (χ0) is 20.8. The van der Waals surface area contributed by atoms with Gasteiger partial charge in [-0.3, -0.25) is 0 Å². The van der Waals surface area contributed by atoms with Crippen LogP contribution in [-0.4, -0.2) is 25.5 Å². The van der Waals surface area contributed by atoms with E-state index in [-0.39, 0.29) is 5.75 Å². The van der Waals surface area contributed by atoms with Crippen molar-refractivity contribution in [3.63, 3.8) is 0 Å². The molecule has 9 heteroatoms. The third-order valence-electron chi connectivity index (χ3n) is 3.82. The first-order valence-corrected chi connectivity index (χ1v) is 8.32. The molecular formula is C19H18F7NO. The SMILES string of the molecule is FC(F)C(F)(F)COc1cccc(CNCCc2cccc(C(F)(F)F)c2)c1. The van der Waals surface area contributed by atoms with Gasteiger partial charge in [-0.25, -0.2) is 8.78 Å². The van der Waals surface area contributed by atoms with Gasteiger partial charge in [-0.2, -0.15) is 22.0 Å². The van der Waals surface area contributed by atoms with Gasteiger partial charge in [-0.15, -0.1) is 0 Å². The van der Waals surface area contributed by atoms with E-state index in [9.17, 15) is 30.7 Å². The minimum atomic E-state index is -4.40. The quantitative estimate of drug-likeness (QED) is 0.447. The fourth-order valence-corrected chi connectivity index (χ4v) is 2.36. The molecule has 154 valence electrons. The van der Waals surface area contributed by atoms with E-state index in [1.807, 2.05) is 0 Å². The number of hydrogen-bond acceptors (Lipinski definition) is 2. The smallest absolute Gasteiger partial charge is 0.416 e. The summed E-state index contributed by atoms with van der Waals surface area (Å²) in [6.07, 6.45) is -7.85. The van der Waals surface area contributed by atoms with E-state index in [1.165, 1.54) is 24.3 Å². The Morgan fingerprint density at radius 2 is 1.57 bits per heavy atom. The molecule has 0 saturated carbocycles. The van der Waals surface area contributed by atoms with Crippen LogP contribution in [0.1, 0.15) is 16.7 Å². The van der Waals surface area contributed by atoms with Crippen LogP contribution in [0.5, 0.6) is 5.75 Å². The number of rotatable bonds is 9. The third-order valence-corrected chi connectivity index (χ3v) is 3.82. The van der Waals surface area contributed by atoms with Crippen molar-refractivity contribution in [2.75, 3.05) is 13.2 Å². The molecule has 0 spiro atoms. The molecule has 0 aromatic heterocycles. The molecule has 0 heterocycles. The van der Waals surface area contributed by atoms with Crippen LogP contribution in [0.2, 0.25) is 0 Å². The third kappa shape index (κ3) is 6.70. The molecule has 2 nitrogen and oxygen atoms in total. The van der Waals surface area contributed by atoms with Crippen LogP contribution in [0.25, 0.3) is 0 Å². The van der Waals surface area contributed by atoms with Gasteiger partial charge >= 0.3 is 18.5 Å². The summed E-state index contributed by atoms with van der Waals surface area (Å²) in [6.45, 7) is -0.742. The molecule has 28 heavy (non-hydrogen) atoms. The lowest BCUT2D eigenvalue weighted by atomic mass is 10.1. The Labute approximate surface area is 157 Å². The maximum atomic E-state index is 12.9. The average Bonchev–Trinajstić information content (AvgIpc) is 2.63. The second-order valence-corrected chi connectivity index (χ2v) is 6.12. The van der Waals surface area contributed by atoms with Crippen LogP contribution in [0.3, 0.4) is 0 Å². The summed E-state index contributed by atoms with van der Waals surface area (Å²) >= 11 is 0. The first kappa shape index (κ1) is 22.0. The molecule has 0 unspecified atom stereocenters. The summed E-state index contributed by atoms with van der Waals surface area (Å²) in [5.74, 6) is -4.21. The van der Waals surface area contributed by atoms with Crippen molar-refractivity contribution in [2.45, 2.75) is 31.5 Å². The number of benzene rings is 2. The summed E-state index contributed by atoms with van der Waals surface area (Å²) in [6, 6.07) is 11.0. The average molecular weight is 409 g/mol. The molecule has 0 bridgehead atoms. The van der Waals surface area contributed by atoms with Gasteiger partial charge in [-0.1, -0.05) is 30.3 Å². The van der Waals surface area contributed by atoms with Crippen LogP contribution in [0.15, 0.2) is 48.5 Å². The largest absolute Gasteiger partial charge is 0.487 e. The van der Waals surface area contributed by atoms with Crippen LogP contribution in [0.4, 0.5) is 30.7 Å². The van der Waals surface area contributed by atoms with Gasteiger partial charge in [0.25, 0.3) is 0 Å². The number of hydrogen-bond donors (Lipinski definition) is 1. The van der Waals surface area contributed by atoms with Crippen molar-refractivity contribution >= 4 is 0 Å². The first-order chi connectivity index (χ1) is 13.1. The van der Waals surface area contributed by atoms with Gasteiger partial charge in [0.2, 0.25) is 0 Å². The molecule has 2 aromatic rings. The van der Waals surface area contributed by atoms with Crippen molar-refractivity contribution in [2.24, 2.45) is 0 Å². The Balaban J connectivity index is 1.82. The zero-order valence-electron chi connectivity index (χ0n) is 14.6. The molecule has 0 atom stereocenters. The highest BCUT2D eigenvalue weighted by atomic mass is 19.4. The standard InChI is InChI=1S/C19H18F7NO/c20-17(21)18(22,23)12-28-16-6-2-4-14(10-16)11-27-8-7-13-3-1-5-15(9-13)19(24,25)26/h1-6,9-10,17,27H,7-8,11-12H2. The van der Waals surface area contributed by atoms with Gasteiger partial charge in [-0.05, 0) is 42.3 Å². The van der Waals surface area contributed by atoms with Crippen molar-refractivity contribution in [3.8, 4) is 5.75 Å². The first-order valence-electron chi connectivity index (χ1n) is 8.32. The second kappa shape index (κ2) is 9.27. The second-order valence-electron chi connectivity index (χ2n) is 6.12. The minimum absolute atomic E-state index is 0.0255. The summed E-state index contributed by atoms with van der Waals surface area (Å²) in [7, 11) is 0. The lowest BCUT2D eigenvalue weighted by Gasteiger charge is -2.16. The predicted molar refractivity (Wildman–Crippen MR) is 89.7 cm³/mol. The molecule has 0 amide bonds. The van der Waals surface area contributed by atoms with E-state index in [1.54, 1.807) is 12.1 Å². The Morgan fingerprint density at radius 1 is 0.893 bits per heavy atom. The Bertz CT molecular complexity index is 762. The Hall–Kier alpha value is -2.29. The highest BCUT2D eigenvalue weighted by molar-refractivity contribution is 5.29. The van der Waals surface area contributed by atoms with Crippen molar-refractivity contribution in [1.29, 1.82) is 0 Å². The number of alkyl halides is 7. The topological polar surface area (TPSA) is 21.3 Å². The fourth-order valence-electron chi connectivity index (χ4n) is 2.36. The highest BCUT2D eigenvalue weighted by Gasteiger charge is 2.41. The van der Waals surface area contributed by atoms with Gasteiger partial charge in [0.15, 0.2) is 6.61 Å². The molecule has 0 aliphatic heterocycles. The molecule has 0 fully saturated rings. The van der Waals surface area contributed by atoms with E-state index in [0.29, 0.717) is 30.6 Å². The van der Waals surface area contributed by atoms with Crippen molar-refractivity contribution < 1.29 is 35.5 Å². The lowest BCUT2D eigenvalue weighted by molar-refractivity contribution is -0.148. The Morgan fingerprint density at radius 3 is 2.25 bits per heavy atom. The molecule has 2 aromatic carbocycles. The summed E-state index contributed by atoms with van der Waals surface area (Å²) in [4.78, 5) is 0. The van der Waals surface area contributed by atoms with E-state index in [2.05, 4.69) is 5.32 Å². The fraction of sp³-hybridized carbons (Fsp3) is 0.368. The molecule has 1 N–H and O–H groups in total. The molecule has 2 rings (SSSR count). The molecule has 0 aliphatic carbocycles. The van der Waals surface area contributed by atoms with Gasteiger partial charge in [0.1, 0.15) is 5.75 Å². The van der Waals surface area contributed by atoms with Crippen LogP contribution in [0, 0.1) is 0 Å². The summed E-state index contributed by atoms with van der Waals surface area (Å²) in [5.41, 5.74) is 0.464. The van der Waals surface area contributed by atoms with E-state index >= 15 is 0 Å². The molecule has 0 aliphatic rings. The number of ether oxygens (including phenoxy) is 1. The monoisotopic (exact) mass is 409 g/mol. The normalized spacial score (nSPS) is 12.4. The highest BCUT2D eigenvalue weighted by Crippen LogP contribution is 2.29. The van der Waals surface area contributed by atoms with Crippen LogP contribution >= 0.6 is 0 Å². The molecule has 0 radical (unpaired) electrons. The van der Waals surface area contributed by atoms with Crippen LogP contribution < -0.4 is 10.1 Å². The van der Waals surface area contributed by atoms with Crippen molar-refractivity contribution in [3.05, 3.63) is 65.2 Å². The van der Waals surface area contributed by atoms with Gasteiger partial charge < -0.3 is 10.1 Å². The molecule has 0 saturated heterocycles. The maximum absolute atomic E-state index is 12.9. The number of halogens is 7. The summed E-state index contributed by atoms with van der Waals surface area (Å²) in [5, 5.41) is 3.02. The van der Waals surface area contributed by atoms with Crippen molar-refractivity contribution in [1.82, 2.24) is 5.32 Å². The lowest BCUT2D eigenvalue weighted by Crippen LogP contribution is -2.33. The zero-order valence-corrected chi connectivity index (χ0v) is 14.6. The Kier molecular flexibility index (Phi) is 7.29. The predicted octanol–water partition coefficient (Wildman–Crippen LogP) is 5.32. The van der Waals surface area contributed by atoms with Gasteiger partial charge in [0, 0.05) is 6.54 Å². The summed E-state index contributed by atoms with van der Waals surface area (Å²) < 4.78 is 92.8. The van der Waals surface area contributed by atoms with Crippen LogP contribution in [-0.2, 0) is 19.1 Å². The minimum Gasteiger partial charge on any atom is -0.487 e. The van der Waals surface area contributed by atoms with E-state index < -0.39 is 30.7 Å². The van der Waals surface area contributed by atoms with E-state index in [4.69, 9.17) is 4.74 Å². The van der Waals surface area contributed by atoms with Gasteiger partial charge in [0.05, 0.1) is 5.56 Å². The molecular weight excluding hydrogens is 391 g/mol. The number of nitrogens with one attached hydrogen (secondary N) is 1. The van der Waals surface area contributed by atoms with E-state index in [0.717, 1.165) is 12.1 Å².